The van der Waals surface area contributed by atoms with Gasteiger partial charge in [0.2, 0.25) is 5.95 Å². The molecule has 0 fully saturated rings. The number of alkyl halides is 3. The molecule has 106 valence electrons. The van der Waals surface area contributed by atoms with Crippen molar-refractivity contribution in [3.05, 3.63) is 18.0 Å². The number of rotatable bonds is 5. The SMILES string of the molecule is CCN(CCC(=O)OC)c1nccc(C(F)(F)F)n1. The summed E-state index contributed by atoms with van der Waals surface area (Å²) in [5.41, 5.74) is -1.01. The fraction of sp³-hybridized carbons (Fsp3) is 0.545. The van der Waals surface area contributed by atoms with E-state index >= 15 is 0 Å². The van der Waals surface area contributed by atoms with E-state index in [0.29, 0.717) is 6.54 Å². The minimum Gasteiger partial charge on any atom is -0.469 e. The first-order valence-corrected chi connectivity index (χ1v) is 5.60. The predicted molar refractivity (Wildman–Crippen MR) is 61.6 cm³/mol. The van der Waals surface area contributed by atoms with Crippen molar-refractivity contribution in [1.82, 2.24) is 9.97 Å². The summed E-state index contributed by atoms with van der Waals surface area (Å²) in [6.07, 6.45) is -3.41. The molecule has 0 saturated heterocycles. The van der Waals surface area contributed by atoms with Gasteiger partial charge in [0, 0.05) is 19.3 Å². The zero-order valence-electron chi connectivity index (χ0n) is 10.6. The molecule has 19 heavy (non-hydrogen) atoms. The lowest BCUT2D eigenvalue weighted by Crippen LogP contribution is -2.28. The molecule has 0 aromatic carbocycles. The van der Waals surface area contributed by atoms with E-state index in [0.717, 1.165) is 12.3 Å². The van der Waals surface area contributed by atoms with Crippen molar-refractivity contribution in [2.45, 2.75) is 19.5 Å². The molecule has 0 aliphatic heterocycles. The van der Waals surface area contributed by atoms with Crippen molar-refractivity contribution < 1.29 is 22.7 Å². The molecule has 0 aliphatic rings. The third-order valence-corrected chi connectivity index (χ3v) is 2.41. The molecule has 1 rings (SSSR count). The number of methoxy groups -OCH3 is 1. The summed E-state index contributed by atoms with van der Waals surface area (Å²) in [7, 11) is 1.25. The van der Waals surface area contributed by atoms with Gasteiger partial charge in [-0.3, -0.25) is 4.79 Å². The van der Waals surface area contributed by atoms with Gasteiger partial charge < -0.3 is 9.64 Å². The second-order valence-corrected chi connectivity index (χ2v) is 3.65. The lowest BCUT2D eigenvalue weighted by Gasteiger charge is -2.20. The molecule has 0 unspecified atom stereocenters. The molecule has 0 N–H and O–H groups in total. The van der Waals surface area contributed by atoms with E-state index in [4.69, 9.17) is 0 Å². The fourth-order valence-corrected chi connectivity index (χ4v) is 1.39. The Bertz CT molecular complexity index is 437. The third-order valence-electron chi connectivity index (χ3n) is 2.41. The molecule has 0 atom stereocenters. The van der Waals surface area contributed by atoms with Crippen molar-refractivity contribution in [1.29, 1.82) is 0 Å². The van der Waals surface area contributed by atoms with Crippen LogP contribution in [0.5, 0.6) is 0 Å². The highest BCUT2D eigenvalue weighted by Crippen LogP contribution is 2.28. The van der Waals surface area contributed by atoms with Crippen LogP contribution in [0.15, 0.2) is 12.3 Å². The smallest absolute Gasteiger partial charge is 0.433 e. The first-order chi connectivity index (χ1) is 8.88. The number of halogens is 3. The lowest BCUT2D eigenvalue weighted by molar-refractivity contribution is -0.141. The van der Waals surface area contributed by atoms with E-state index in [1.165, 1.54) is 12.0 Å². The van der Waals surface area contributed by atoms with Crippen molar-refractivity contribution in [3.8, 4) is 0 Å². The van der Waals surface area contributed by atoms with Crippen LogP contribution in [-0.4, -0.2) is 36.1 Å². The first kappa shape index (κ1) is 15.2. The van der Waals surface area contributed by atoms with Crippen LogP contribution >= 0.6 is 0 Å². The Kier molecular flexibility index (Phi) is 5.08. The van der Waals surface area contributed by atoms with E-state index in [1.54, 1.807) is 6.92 Å². The molecule has 0 radical (unpaired) electrons. The Morgan fingerprint density at radius 3 is 2.68 bits per heavy atom. The van der Waals surface area contributed by atoms with Crippen LogP contribution in [-0.2, 0) is 15.7 Å². The molecule has 0 aliphatic carbocycles. The molecule has 1 aromatic heterocycles. The predicted octanol–water partition coefficient (Wildman–Crippen LogP) is 1.88. The summed E-state index contributed by atoms with van der Waals surface area (Å²) >= 11 is 0. The van der Waals surface area contributed by atoms with E-state index in [-0.39, 0.29) is 18.9 Å². The molecule has 8 heteroatoms. The van der Waals surface area contributed by atoms with Crippen molar-refractivity contribution in [2.24, 2.45) is 0 Å². The molecule has 0 bridgehead atoms. The first-order valence-electron chi connectivity index (χ1n) is 5.60. The van der Waals surface area contributed by atoms with Crippen molar-refractivity contribution >= 4 is 11.9 Å². The molecule has 1 heterocycles. The molecule has 0 amide bonds. The van der Waals surface area contributed by atoms with E-state index in [2.05, 4.69) is 14.7 Å². The number of carbonyl (C=O) groups is 1. The number of anilines is 1. The second kappa shape index (κ2) is 6.35. The van der Waals surface area contributed by atoms with E-state index < -0.39 is 17.8 Å². The second-order valence-electron chi connectivity index (χ2n) is 3.65. The number of ether oxygens (including phenoxy) is 1. The van der Waals surface area contributed by atoms with Gasteiger partial charge in [0.05, 0.1) is 13.5 Å². The maximum absolute atomic E-state index is 12.5. The largest absolute Gasteiger partial charge is 0.469 e. The van der Waals surface area contributed by atoms with Crippen molar-refractivity contribution in [2.75, 3.05) is 25.1 Å². The van der Waals surface area contributed by atoms with Gasteiger partial charge in [0.15, 0.2) is 0 Å². The number of esters is 1. The highest BCUT2D eigenvalue weighted by molar-refractivity contribution is 5.69. The number of carbonyl (C=O) groups excluding carboxylic acids is 1. The monoisotopic (exact) mass is 277 g/mol. The lowest BCUT2D eigenvalue weighted by atomic mass is 10.3. The molecular weight excluding hydrogens is 263 g/mol. The Morgan fingerprint density at radius 1 is 1.47 bits per heavy atom. The average molecular weight is 277 g/mol. The maximum Gasteiger partial charge on any atom is 0.433 e. The summed E-state index contributed by atoms with van der Waals surface area (Å²) < 4.78 is 42.0. The summed E-state index contributed by atoms with van der Waals surface area (Å²) in [4.78, 5) is 19.7. The van der Waals surface area contributed by atoms with Gasteiger partial charge in [-0.05, 0) is 13.0 Å². The summed E-state index contributed by atoms with van der Waals surface area (Å²) in [5.74, 6) is -0.494. The Morgan fingerprint density at radius 2 is 2.16 bits per heavy atom. The van der Waals surface area contributed by atoms with Gasteiger partial charge >= 0.3 is 12.1 Å². The number of hydrogen-bond acceptors (Lipinski definition) is 5. The molecule has 0 saturated carbocycles. The molecular formula is C11H14F3N3O2. The number of aromatic nitrogens is 2. The number of hydrogen-bond donors (Lipinski definition) is 0. The van der Waals surface area contributed by atoms with Crippen LogP contribution in [0.3, 0.4) is 0 Å². The minimum absolute atomic E-state index is 0.0544. The standard InChI is InChI=1S/C11H14F3N3O2/c1-3-17(7-5-9(18)19-2)10-15-6-4-8(16-10)11(12,13)14/h4,6H,3,5,7H2,1-2H3. The third kappa shape index (κ3) is 4.38. The average Bonchev–Trinajstić information content (AvgIpc) is 2.38. The Hall–Kier alpha value is -1.86. The summed E-state index contributed by atoms with van der Waals surface area (Å²) in [6, 6.07) is 0.803. The van der Waals surface area contributed by atoms with Crippen LogP contribution in [0, 0.1) is 0 Å². The van der Waals surface area contributed by atoms with Crippen LogP contribution in [0.1, 0.15) is 19.0 Å². The van der Waals surface area contributed by atoms with E-state index in [1.807, 2.05) is 0 Å². The normalized spacial score (nSPS) is 11.2. The zero-order chi connectivity index (χ0) is 14.5. The van der Waals surface area contributed by atoms with Gasteiger partial charge in [-0.25, -0.2) is 9.97 Å². The van der Waals surface area contributed by atoms with Gasteiger partial charge in [-0.1, -0.05) is 0 Å². The van der Waals surface area contributed by atoms with Gasteiger partial charge in [0.1, 0.15) is 5.69 Å². The highest BCUT2D eigenvalue weighted by atomic mass is 19.4. The maximum atomic E-state index is 12.5. The zero-order valence-corrected chi connectivity index (χ0v) is 10.6. The molecule has 1 aromatic rings. The number of nitrogens with zero attached hydrogens (tertiary/aromatic N) is 3. The van der Waals surface area contributed by atoms with Crippen LogP contribution < -0.4 is 4.90 Å². The van der Waals surface area contributed by atoms with Crippen LogP contribution in [0.4, 0.5) is 19.1 Å². The Labute approximate surface area is 108 Å². The van der Waals surface area contributed by atoms with Crippen molar-refractivity contribution in [3.63, 3.8) is 0 Å². The van der Waals surface area contributed by atoms with Crippen LogP contribution in [0.25, 0.3) is 0 Å². The Balaban J connectivity index is 2.84. The molecule has 0 spiro atoms. The highest BCUT2D eigenvalue weighted by Gasteiger charge is 2.33. The fourth-order valence-electron chi connectivity index (χ4n) is 1.39. The molecule has 5 nitrogen and oxygen atoms in total. The summed E-state index contributed by atoms with van der Waals surface area (Å²) in [5, 5.41) is 0. The quantitative estimate of drug-likeness (QED) is 0.769. The minimum atomic E-state index is -4.51. The summed E-state index contributed by atoms with van der Waals surface area (Å²) in [6.45, 7) is 2.32. The van der Waals surface area contributed by atoms with Crippen LogP contribution in [0.2, 0.25) is 0 Å². The van der Waals surface area contributed by atoms with Gasteiger partial charge in [0.25, 0.3) is 0 Å². The topological polar surface area (TPSA) is 55.3 Å². The van der Waals surface area contributed by atoms with Gasteiger partial charge in [-0.2, -0.15) is 13.2 Å². The van der Waals surface area contributed by atoms with Gasteiger partial charge in [-0.15, -0.1) is 0 Å². The van der Waals surface area contributed by atoms with E-state index in [9.17, 15) is 18.0 Å².